The van der Waals surface area contributed by atoms with Crippen molar-refractivity contribution in [1.29, 1.82) is 0 Å². The first kappa shape index (κ1) is 18.2. The second-order valence-electron chi connectivity index (χ2n) is 7.17. The molecule has 9 heteroatoms. The van der Waals surface area contributed by atoms with Gasteiger partial charge in [0, 0.05) is 18.2 Å². The number of nitrogens with zero attached hydrogens (tertiary/aromatic N) is 4. The van der Waals surface area contributed by atoms with Crippen molar-refractivity contribution in [2.75, 3.05) is 18.8 Å². The van der Waals surface area contributed by atoms with Crippen molar-refractivity contribution in [2.45, 2.75) is 12.5 Å². The van der Waals surface area contributed by atoms with E-state index in [9.17, 15) is 10.2 Å². The lowest BCUT2D eigenvalue weighted by Crippen LogP contribution is -2.15. The zero-order valence-corrected chi connectivity index (χ0v) is 16.0. The molecule has 1 fully saturated rings. The molecule has 1 aliphatic rings. The van der Waals surface area contributed by atoms with Crippen molar-refractivity contribution in [3.05, 3.63) is 48.8 Å². The first-order valence-corrected chi connectivity index (χ1v) is 9.60. The van der Waals surface area contributed by atoms with Gasteiger partial charge in [-0.2, -0.15) is 5.10 Å². The number of hydrogen-bond donors (Lipinski definition) is 4. The summed E-state index contributed by atoms with van der Waals surface area (Å²) in [5, 5.41) is 28.0. The lowest BCUT2D eigenvalue weighted by molar-refractivity contribution is 0.398. The normalized spacial score (nSPS) is 16.2. The quantitative estimate of drug-likeness (QED) is 0.382. The van der Waals surface area contributed by atoms with Crippen LogP contribution in [0.15, 0.2) is 48.8 Å². The molecule has 0 bridgehead atoms. The lowest BCUT2D eigenvalue weighted by Gasteiger charge is -2.09. The number of ether oxygens (including phenoxy) is 1. The third-order valence-electron chi connectivity index (χ3n) is 5.21. The minimum absolute atomic E-state index is 0.197. The number of fused-ring (bicyclic) bond motifs is 1. The number of nitrogens with one attached hydrogen (secondary N) is 1. The lowest BCUT2D eigenvalue weighted by atomic mass is 10.1. The van der Waals surface area contributed by atoms with E-state index in [1.54, 1.807) is 18.2 Å². The van der Waals surface area contributed by atoms with E-state index in [0.717, 1.165) is 41.8 Å². The molecule has 0 aliphatic carbocycles. The highest BCUT2D eigenvalue weighted by Gasteiger charge is 2.24. The van der Waals surface area contributed by atoms with Gasteiger partial charge in [-0.1, -0.05) is 0 Å². The number of phenolic OH excluding ortho intramolecular Hbond substituents is 2. The highest BCUT2D eigenvalue weighted by atomic mass is 16.5. The third-order valence-corrected chi connectivity index (χ3v) is 5.21. The van der Waals surface area contributed by atoms with Gasteiger partial charge in [0.05, 0.1) is 11.4 Å². The van der Waals surface area contributed by atoms with Crippen molar-refractivity contribution >= 4 is 16.9 Å². The summed E-state index contributed by atoms with van der Waals surface area (Å²) in [6.45, 7) is 1.78. The molecule has 5 rings (SSSR count). The van der Waals surface area contributed by atoms with E-state index in [0.29, 0.717) is 17.3 Å². The highest BCUT2D eigenvalue weighted by molar-refractivity contribution is 5.98. The number of nitrogen functional groups attached to an aromatic ring is 1. The summed E-state index contributed by atoms with van der Waals surface area (Å²) in [4.78, 5) is 8.59. The number of phenols is 2. The minimum Gasteiger partial charge on any atom is -0.504 e. The van der Waals surface area contributed by atoms with E-state index in [-0.39, 0.29) is 17.5 Å². The fourth-order valence-corrected chi connectivity index (χ4v) is 3.68. The smallest absolute Gasteiger partial charge is 0.164 e. The Bertz CT molecular complexity index is 1220. The molecule has 1 atom stereocenters. The molecule has 1 saturated heterocycles. The van der Waals surface area contributed by atoms with Crippen LogP contribution >= 0.6 is 0 Å². The number of anilines is 1. The van der Waals surface area contributed by atoms with Gasteiger partial charge in [-0.15, -0.1) is 0 Å². The zero-order chi connectivity index (χ0) is 20.7. The van der Waals surface area contributed by atoms with Crippen LogP contribution < -0.4 is 15.8 Å². The van der Waals surface area contributed by atoms with Gasteiger partial charge in [-0.05, 0) is 49.4 Å². The van der Waals surface area contributed by atoms with Crippen LogP contribution in [0.25, 0.3) is 22.3 Å². The SMILES string of the molecule is Nc1ncnc2c1c(-c1ccc(Oc3ccc(O)c(O)c3)cc1)nn2[C@@H]1CCNC1. The van der Waals surface area contributed by atoms with Gasteiger partial charge in [0.2, 0.25) is 0 Å². The fourth-order valence-electron chi connectivity index (χ4n) is 3.68. The number of nitrogens with two attached hydrogens (primary N) is 1. The topological polar surface area (TPSA) is 131 Å². The van der Waals surface area contributed by atoms with E-state index >= 15 is 0 Å². The predicted molar refractivity (Wildman–Crippen MR) is 112 cm³/mol. The van der Waals surface area contributed by atoms with Crippen LogP contribution in [0.2, 0.25) is 0 Å². The summed E-state index contributed by atoms with van der Waals surface area (Å²) in [5.41, 5.74) is 8.50. The van der Waals surface area contributed by atoms with Gasteiger partial charge in [0.1, 0.15) is 29.3 Å². The molecule has 9 nitrogen and oxygen atoms in total. The Balaban J connectivity index is 1.50. The molecule has 0 unspecified atom stereocenters. The van der Waals surface area contributed by atoms with Crippen molar-refractivity contribution in [2.24, 2.45) is 0 Å². The summed E-state index contributed by atoms with van der Waals surface area (Å²) >= 11 is 0. The molecule has 3 heterocycles. The molecule has 0 radical (unpaired) electrons. The van der Waals surface area contributed by atoms with E-state index in [1.807, 2.05) is 16.8 Å². The third kappa shape index (κ3) is 3.15. The van der Waals surface area contributed by atoms with Gasteiger partial charge in [0.15, 0.2) is 17.1 Å². The first-order valence-electron chi connectivity index (χ1n) is 9.60. The highest BCUT2D eigenvalue weighted by Crippen LogP contribution is 2.35. The second kappa shape index (κ2) is 7.20. The summed E-state index contributed by atoms with van der Waals surface area (Å²) < 4.78 is 7.69. The zero-order valence-electron chi connectivity index (χ0n) is 16.0. The molecule has 0 spiro atoms. The average molecular weight is 404 g/mol. The number of rotatable bonds is 4. The van der Waals surface area contributed by atoms with Gasteiger partial charge in [-0.25, -0.2) is 14.6 Å². The standard InChI is InChI=1S/C21H20N6O3/c22-20-18-19(26-27(13-7-8-23-10-13)21(18)25-11-24-20)12-1-3-14(4-2-12)30-15-5-6-16(28)17(29)9-15/h1-6,9,11,13,23,28-29H,7-8,10H2,(H2,22,24,25)/t13-/m1/s1. The number of benzene rings is 2. The fraction of sp³-hybridized carbons (Fsp3) is 0.190. The molecule has 4 aromatic rings. The molecule has 1 aliphatic heterocycles. The monoisotopic (exact) mass is 404 g/mol. The first-order chi connectivity index (χ1) is 14.6. The van der Waals surface area contributed by atoms with E-state index < -0.39 is 0 Å². The van der Waals surface area contributed by atoms with Gasteiger partial charge < -0.3 is 26.0 Å². The molecular weight excluding hydrogens is 384 g/mol. The number of hydrogen-bond acceptors (Lipinski definition) is 8. The number of aromatic nitrogens is 4. The number of aromatic hydroxyl groups is 2. The minimum atomic E-state index is -0.238. The maximum absolute atomic E-state index is 9.62. The maximum atomic E-state index is 9.62. The Morgan fingerprint density at radius 1 is 1.03 bits per heavy atom. The molecule has 0 amide bonds. The molecular formula is C21H20N6O3. The maximum Gasteiger partial charge on any atom is 0.164 e. The van der Waals surface area contributed by atoms with Crippen molar-refractivity contribution in [3.8, 4) is 34.3 Å². The Kier molecular flexibility index (Phi) is 4.36. The van der Waals surface area contributed by atoms with Crippen LogP contribution in [0.1, 0.15) is 12.5 Å². The summed E-state index contributed by atoms with van der Waals surface area (Å²) in [6, 6.07) is 11.9. The van der Waals surface area contributed by atoms with E-state index in [1.165, 1.54) is 18.5 Å². The largest absolute Gasteiger partial charge is 0.504 e. The molecule has 0 saturated carbocycles. The Hall–Kier alpha value is -3.85. The van der Waals surface area contributed by atoms with Crippen molar-refractivity contribution < 1.29 is 14.9 Å². The van der Waals surface area contributed by atoms with Crippen LogP contribution in [-0.2, 0) is 0 Å². The van der Waals surface area contributed by atoms with Crippen LogP contribution in [-0.4, -0.2) is 43.1 Å². The Morgan fingerprint density at radius 3 is 2.57 bits per heavy atom. The van der Waals surface area contributed by atoms with Crippen molar-refractivity contribution in [1.82, 2.24) is 25.1 Å². The Labute approximate surface area is 171 Å². The van der Waals surface area contributed by atoms with Crippen LogP contribution in [0, 0.1) is 0 Å². The summed E-state index contributed by atoms with van der Waals surface area (Å²) in [6.07, 6.45) is 2.44. The molecule has 30 heavy (non-hydrogen) atoms. The summed E-state index contributed by atoms with van der Waals surface area (Å²) in [7, 11) is 0. The summed E-state index contributed by atoms with van der Waals surface area (Å²) in [5.74, 6) is 0.957. The molecule has 5 N–H and O–H groups in total. The van der Waals surface area contributed by atoms with Crippen LogP contribution in [0.5, 0.6) is 23.0 Å². The second-order valence-corrected chi connectivity index (χ2v) is 7.17. The van der Waals surface area contributed by atoms with E-state index in [4.69, 9.17) is 15.6 Å². The Morgan fingerprint density at radius 2 is 1.83 bits per heavy atom. The van der Waals surface area contributed by atoms with Gasteiger partial charge in [-0.3, -0.25) is 0 Å². The molecule has 2 aromatic heterocycles. The van der Waals surface area contributed by atoms with Crippen LogP contribution in [0.3, 0.4) is 0 Å². The van der Waals surface area contributed by atoms with Crippen molar-refractivity contribution in [3.63, 3.8) is 0 Å². The predicted octanol–water partition coefficient (Wildman–Crippen LogP) is 2.81. The van der Waals surface area contributed by atoms with E-state index in [2.05, 4.69) is 15.3 Å². The average Bonchev–Trinajstić information content (AvgIpc) is 3.40. The van der Waals surface area contributed by atoms with Gasteiger partial charge >= 0.3 is 0 Å². The molecule has 2 aromatic carbocycles. The molecule has 152 valence electrons. The van der Waals surface area contributed by atoms with Gasteiger partial charge in [0.25, 0.3) is 0 Å². The van der Waals surface area contributed by atoms with Crippen LogP contribution in [0.4, 0.5) is 5.82 Å².